The Bertz CT molecular complexity index is 1600. The molecule has 1 aliphatic rings. The van der Waals surface area contributed by atoms with Gasteiger partial charge in [0.05, 0.1) is 33.2 Å². The summed E-state index contributed by atoms with van der Waals surface area (Å²) in [6.07, 6.45) is 1.56. The molecule has 1 amide bonds. The van der Waals surface area contributed by atoms with E-state index in [9.17, 15) is 20.0 Å². The van der Waals surface area contributed by atoms with E-state index in [1.165, 1.54) is 0 Å². The Morgan fingerprint density at radius 2 is 1.77 bits per heavy atom. The van der Waals surface area contributed by atoms with Gasteiger partial charge in [-0.05, 0) is 55.8 Å². The normalized spacial score (nSPS) is 14.9. The van der Waals surface area contributed by atoms with Crippen LogP contribution in [0.15, 0.2) is 81.9 Å². The predicted octanol–water partition coefficient (Wildman–Crippen LogP) is 7.45. The second-order valence-electron chi connectivity index (χ2n) is 8.51. The number of benzene rings is 3. The summed E-state index contributed by atoms with van der Waals surface area (Å²) in [6, 6.07) is 19.1. The predicted molar refractivity (Wildman–Crippen MR) is 157 cm³/mol. The van der Waals surface area contributed by atoms with Crippen LogP contribution in [0.1, 0.15) is 39.5 Å². The minimum absolute atomic E-state index is 0.0149. The Kier molecular flexibility index (Phi) is 9.33. The number of hydrogen-bond acceptors (Lipinski definition) is 7. The first-order valence-electron chi connectivity index (χ1n) is 12.0. The molecule has 0 radical (unpaired) electrons. The first kappa shape index (κ1) is 29.0. The lowest BCUT2D eigenvalue weighted by atomic mass is 10.1. The summed E-state index contributed by atoms with van der Waals surface area (Å²) in [5, 5.41) is 20.6. The Hall–Kier alpha value is -4.03. The summed E-state index contributed by atoms with van der Waals surface area (Å²) in [5.74, 6) is -1.51. The number of rotatable bonds is 7. The van der Waals surface area contributed by atoms with Crippen molar-refractivity contribution < 1.29 is 24.2 Å². The number of carbonyl (C=O) groups is 2. The SMILES string of the molecule is CCOC(=O)C1=C(O)/C(=C/c2cc(Cl)c(OCc3ccccc3C#N)c(Cl)c2)SC1=NC(=O)c1ccc(C)cc1. The van der Waals surface area contributed by atoms with Crippen LogP contribution in [0.4, 0.5) is 0 Å². The molecule has 7 nitrogen and oxygen atoms in total. The number of ether oxygens (including phenoxy) is 2. The van der Waals surface area contributed by atoms with Crippen LogP contribution in [0.25, 0.3) is 6.08 Å². The number of thioether (sulfide) groups is 1. The average Bonchev–Trinajstić information content (AvgIpc) is 3.22. The van der Waals surface area contributed by atoms with Gasteiger partial charge < -0.3 is 14.6 Å². The Balaban J connectivity index is 1.63. The Morgan fingerprint density at radius 3 is 2.42 bits per heavy atom. The van der Waals surface area contributed by atoms with Crippen molar-refractivity contribution in [3.63, 3.8) is 0 Å². The van der Waals surface area contributed by atoms with Gasteiger partial charge in [0.1, 0.15) is 23.0 Å². The third kappa shape index (κ3) is 6.57. The molecule has 3 aromatic rings. The molecule has 3 aromatic carbocycles. The summed E-state index contributed by atoms with van der Waals surface area (Å²) < 4.78 is 10.9. The highest BCUT2D eigenvalue weighted by Gasteiger charge is 2.34. The second-order valence-corrected chi connectivity index (χ2v) is 10.4. The molecule has 0 bridgehead atoms. The van der Waals surface area contributed by atoms with Crippen molar-refractivity contribution in [1.29, 1.82) is 5.26 Å². The largest absolute Gasteiger partial charge is 0.506 e. The van der Waals surface area contributed by atoms with E-state index < -0.39 is 11.9 Å². The van der Waals surface area contributed by atoms with Crippen LogP contribution in [0.5, 0.6) is 5.75 Å². The molecule has 202 valence electrons. The van der Waals surface area contributed by atoms with Crippen molar-refractivity contribution in [2.45, 2.75) is 20.5 Å². The van der Waals surface area contributed by atoms with E-state index in [-0.39, 0.29) is 50.3 Å². The molecule has 0 fully saturated rings. The fourth-order valence-electron chi connectivity index (χ4n) is 3.70. The molecule has 0 spiro atoms. The number of aliphatic imine (C=N–C) groups is 1. The van der Waals surface area contributed by atoms with E-state index in [1.54, 1.807) is 73.7 Å². The van der Waals surface area contributed by atoms with Crippen molar-refractivity contribution in [3.05, 3.63) is 115 Å². The third-order valence-electron chi connectivity index (χ3n) is 5.70. The lowest BCUT2D eigenvalue weighted by molar-refractivity contribution is -0.138. The minimum atomic E-state index is -0.802. The fraction of sp³-hybridized carbons (Fsp3) is 0.133. The molecule has 0 atom stereocenters. The van der Waals surface area contributed by atoms with Gasteiger partial charge >= 0.3 is 5.97 Å². The molecule has 1 aliphatic heterocycles. The molecular weight excluding hydrogens is 571 g/mol. The molecule has 10 heteroatoms. The van der Waals surface area contributed by atoms with E-state index in [4.69, 9.17) is 32.7 Å². The zero-order valence-electron chi connectivity index (χ0n) is 21.4. The number of nitriles is 1. The smallest absolute Gasteiger partial charge is 0.344 e. The lowest BCUT2D eigenvalue weighted by Crippen LogP contribution is -2.14. The zero-order valence-corrected chi connectivity index (χ0v) is 23.7. The second kappa shape index (κ2) is 12.9. The van der Waals surface area contributed by atoms with E-state index in [2.05, 4.69) is 11.1 Å². The first-order chi connectivity index (χ1) is 19.2. The monoisotopic (exact) mass is 592 g/mol. The molecule has 0 unspecified atom stereocenters. The molecule has 0 saturated heterocycles. The number of esters is 1. The summed E-state index contributed by atoms with van der Waals surface area (Å²) >= 11 is 13.9. The number of aryl methyl sites for hydroxylation is 1. The van der Waals surface area contributed by atoms with Crippen molar-refractivity contribution >= 4 is 58.0 Å². The van der Waals surface area contributed by atoms with Gasteiger partial charge in [-0.25, -0.2) is 9.79 Å². The van der Waals surface area contributed by atoms with Gasteiger partial charge in [-0.1, -0.05) is 70.9 Å². The van der Waals surface area contributed by atoms with Crippen LogP contribution in [0.2, 0.25) is 10.0 Å². The van der Waals surface area contributed by atoms with Crippen molar-refractivity contribution in [2.75, 3.05) is 6.61 Å². The third-order valence-corrected chi connectivity index (χ3v) is 7.28. The summed E-state index contributed by atoms with van der Waals surface area (Å²) in [7, 11) is 0. The number of halogens is 2. The summed E-state index contributed by atoms with van der Waals surface area (Å²) in [6.45, 7) is 3.69. The van der Waals surface area contributed by atoms with Crippen LogP contribution in [0.3, 0.4) is 0 Å². The minimum Gasteiger partial charge on any atom is -0.506 e. The van der Waals surface area contributed by atoms with Gasteiger partial charge in [0.15, 0.2) is 5.75 Å². The lowest BCUT2D eigenvalue weighted by Gasteiger charge is -2.12. The molecule has 4 rings (SSSR count). The van der Waals surface area contributed by atoms with Crippen LogP contribution in [-0.4, -0.2) is 28.6 Å². The van der Waals surface area contributed by atoms with Crippen LogP contribution < -0.4 is 4.74 Å². The topological polar surface area (TPSA) is 109 Å². The number of amides is 1. The standard InChI is InChI=1S/C30H22Cl2N2O5S/c1-3-38-30(37)25-26(35)24(40-29(25)34-28(36)19-10-8-17(2)9-11-19)14-18-12-22(31)27(23(32)13-18)39-16-21-7-5-4-6-20(21)15-33/h4-14,35H,3,16H2,1-2H3/b24-14-,34-29?. The van der Waals surface area contributed by atoms with Crippen molar-refractivity contribution in [2.24, 2.45) is 4.99 Å². The highest BCUT2D eigenvalue weighted by Crippen LogP contribution is 2.41. The molecular formula is C30H22Cl2N2O5S. The van der Waals surface area contributed by atoms with Gasteiger partial charge in [-0.3, -0.25) is 4.79 Å². The quantitative estimate of drug-likeness (QED) is 0.283. The Morgan fingerprint density at radius 1 is 1.10 bits per heavy atom. The fourth-order valence-corrected chi connectivity index (χ4v) is 5.33. The number of carbonyl (C=O) groups excluding carboxylic acids is 2. The highest BCUT2D eigenvalue weighted by molar-refractivity contribution is 8.18. The van der Waals surface area contributed by atoms with Crippen molar-refractivity contribution in [3.8, 4) is 11.8 Å². The zero-order chi connectivity index (χ0) is 28.8. The molecule has 0 aliphatic carbocycles. The van der Waals surface area contributed by atoms with Gasteiger partial charge in [0, 0.05) is 11.1 Å². The van der Waals surface area contributed by atoms with E-state index >= 15 is 0 Å². The van der Waals surface area contributed by atoms with Gasteiger partial charge in [0.2, 0.25) is 0 Å². The van der Waals surface area contributed by atoms with Crippen LogP contribution in [0, 0.1) is 18.3 Å². The van der Waals surface area contributed by atoms with Crippen LogP contribution >= 0.6 is 35.0 Å². The summed E-state index contributed by atoms with van der Waals surface area (Å²) in [5.41, 5.74) is 2.78. The molecule has 1 N–H and O–H groups in total. The van der Waals surface area contributed by atoms with Gasteiger partial charge in [-0.2, -0.15) is 5.26 Å². The molecule has 1 heterocycles. The maximum Gasteiger partial charge on any atom is 0.344 e. The van der Waals surface area contributed by atoms with E-state index in [0.29, 0.717) is 22.3 Å². The Labute approximate surface area is 245 Å². The van der Waals surface area contributed by atoms with Crippen molar-refractivity contribution in [1.82, 2.24) is 0 Å². The number of hydrogen-bond donors (Lipinski definition) is 1. The number of aliphatic hydroxyl groups excluding tert-OH is 1. The highest BCUT2D eigenvalue weighted by atomic mass is 35.5. The molecule has 0 aromatic heterocycles. The first-order valence-corrected chi connectivity index (χ1v) is 13.6. The van der Waals surface area contributed by atoms with Crippen LogP contribution in [-0.2, 0) is 16.1 Å². The maximum absolute atomic E-state index is 12.8. The number of aliphatic hydroxyl groups is 1. The maximum atomic E-state index is 12.8. The molecule has 40 heavy (non-hydrogen) atoms. The van der Waals surface area contributed by atoms with Gasteiger partial charge in [-0.15, -0.1) is 0 Å². The van der Waals surface area contributed by atoms with E-state index in [1.807, 2.05) is 6.92 Å². The number of nitrogens with zero attached hydrogens (tertiary/aromatic N) is 2. The average molecular weight is 593 g/mol. The van der Waals surface area contributed by atoms with E-state index in [0.717, 1.165) is 17.3 Å². The summed E-state index contributed by atoms with van der Waals surface area (Å²) in [4.78, 5) is 29.8. The van der Waals surface area contributed by atoms with Gasteiger partial charge in [0.25, 0.3) is 5.91 Å². The molecule has 0 saturated carbocycles.